The summed E-state index contributed by atoms with van der Waals surface area (Å²) in [4.78, 5) is 18.6. The Hall–Kier alpha value is -2.72. The van der Waals surface area contributed by atoms with Gasteiger partial charge < -0.3 is 4.90 Å². The van der Waals surface area contributed by atoms with Crippen molar-refractivity contribution < 1.29 is 0 Å². The number of rotatable bonds is 1. The highest BCUT2D eigenvalue weighted by Crippen LogP contribution is 2.36. The van der Waals surface area contributed by atoms with Crippen LogP contribution in [0.3, 0.4) is 0 Å². The maximum absolute atomic E-state index is 12.0. The van der Waals surface area contributed by atoms with Crippen molar-refractivity contribution in [3.63, 3.8) is 0 Å². The molecule has 130 valence electrons. The standard InChI is InChI=1S/C19H16BrN5O/c1-11-3-4-14-18(17(11)20)22-9-13(8-21)19(14)25-6-5-15-12(10-25)7-16(26)24(2)23-15/h3-4,7,9H,5-6,10H2,1-2H3. The molecule has 0 atom stereocenters. The summed E-state index contributed by atoms with van der Waals surface area (Å²) in [7, 11) is 1.67. The molecule has 0 saturated carbocycles. The molecule has 0 spiro atoms. The van der Waals surface area contributed by atoms with Gasteiger partial charge in [0.05, 0.1) is 22.5 Å². The molecule has 0 N–H and O–H groups in total. The maximum atomic E-state index is 12.0. The molecule has 0 radical (unpaired) electrons. The number of nitriles is 1. The van der Waals surface area contributed by atoms with E-state index in [1.165, 1.54) is 4.68 Å². The van der Waals surface area contributed by atoms with E-state index in [0.717, 1.165) is 50.8 Å². The molecule has 0 amide bonds. The second-order valence-electron chi connectivity index (χ2n) is 6.47. The van der Waals surface area contributed by atoms with Crippen molar-refractivity contribution in [2.24, 2.45) is 7.05 Å². The lowest BCUT2D eigenvalue weighted by Gasteiger charge is -2.31. The third-order valence-electron chi connectivity index (χ3n) is 4.82. The van der Waals surface area contributed by atoms with Gasteiger partial charge in [-0.2, -0.15) is 10.4 Å². The van der Waals surface area contributed by atoms with Crippen molar-refractivity contribution in [1.29, 1.82) is 5.26 Å². The van der Waals surface area contributed by atoms with Crippen molar-refractivity contribution in [2.75, 3.05) is 11.4 Å². The van der Waals surface area contributed by atoms with Crippen LogP contribution in [0.25, 0.3) is 10.9 Å². The molecule has 0 saturated heterocycles. The Morgan fingerprint density at radius 1 is 1.35 bits per heavy atom. The highest BCUT2D eigenvalue weighted by atomic mass is 79.9. The highest BCUT2D eigenvalue weighted by Gasteiger charge is 2.23. The van der Waals surface area contributed by atoms with Crippen LogP contribution in [0.1, 0.15) is 22.4 Å². The number of halogens is 1. The summed E-state index contributed by atoms with van der Waals surface area (Å²) in [5.41, 5.74) is 5.07. The van der Waals surface area contributed by atoms with Crippen molar-refractivity contribution in [3.05, 3.63) is 61.6 Å². The van der Waals surface area contributed by atoms with Gasteiger partial charge in [-0.3, -0.25) is 9.78 Å². The fourth-order valence-corrected chi connectivity index (χ4v) is 3.87. The second kappa shape index (κ2) is 6.22. The van der Waals surface area contributed by atoms with E-state index in [1.54, 1.807) is 19.3 Å². The second-order valence-corrected chi connectivity index (χ2v) is 7.27. The van der Waals surface area contributed by atoms with Crippen molar-refractivity contribution >= 4 is 32.5 Å². The fourth-order valence-electron chi connectivity index (χ4n) is 3.42. The summed E-state index contributed by atoms with van der Waals surface area (Å²) in [6.45, 7) is 3.30. The topological polar surface area (TPSA) is 74.8 Å². The Morgan fingerprint density at radius 3 is 2.92 bits per heavy atom. The molecule has 0 fully saturated rings. The normalized spacial score (nSPS) is 13.5. The molecule has 7 heteroatoms. The molecule has 0 bridgehead atoms. The first-order valence-electron chi connectivity index (χ1n) is 8.28. The van der Waals surface area contributed by atoms with E-state index in [1.807, 2.05) is 19.1 Å². The van der Waals surface area contributed by atoms with Crippen LogP contribution in [0, 0.1) is 18.3 Å². The molecule has 1 aliphatic heterocycles. The van der Waals surface area contributed by atoms with Gasteiger partial charge in [0.25, 0.3) is 5.56 Å². The third kappa shape index (κ3) is 2.58. The van der Waals surface area contributed by atoms with E-state index >= 15 is 0 Å². The summed E-state index contributed by atoms with van der Waals surface area (Å²) in [6, 6.07) is 7.94. The van der Waals surface area contributed by atoms with Gasteiger partial charge in [-0.05, 0) is 28.4 Å². The van der Waals surface area contributed by atoms with Crippen LogP contribution in [0.4, 0.5) is 5.69 Å². The molecule has 0 aliphatic carbocycles. The van der Waals surface area contributed by atoms with Gasteiger partial charge in [0, 0.05) is 54.2 Å². The lowest BCUT2D eigenvalue weighted by atomic mass is 10.0. The van der Waals surface area contributed by atoms with E-state index in [4.69, 9.17) is 0 Å². The lowest BCUT2D eigenvalue weighted by Crippen LogP contribution is -2.34. The van der Waals surface area contributed by atoms with Gasteiger partial charge >= 0.3 is 0 Å². The number of aromatic nitrogens is 3. The van der Waals surface area contributed by atoms with Gasteiger partial charge in [0.1, 0.15) is 6.07 Å². The molecular weight excluding hydrogens is 394 g/mol. The number of hydrogen-bond donors (Lipinski definition) is 0. The Kier molecular flexibility index (Phi) is 4.00. The zero-order chi connectivity index (χ0) is 18.4. The largest absolute Gasteiger partial charge is 0.365 e. The molecule has 3 aromatic rings. The van der Waals surface area contributed by atoms with Crippen LogP contribution in [0.5, 0.6) is 0 Å². The van der Waals surface area contributed by atoms with Crippen molar-refractivity contribution in [1.82, 2.24) is 14.8 Å². The van der Waals surface area contributed by atoms with Crippen molar-refractivity contribution in [3.8, 4) is 6.07 Å². The molecular formula is C19H16BrN5O. The first kappa shape index (κ1) is 16.7. The minimum Gasteiger partial charge on any atom is -0.365 e. The Bertz CT molecular complexity index is 1150. The van der Waals surface area contributed by atoms with Gasteiger partial charge in [0.15, 0.2) is 0 Å². The minimum atomic E-state index is -0.121. The minimum absolute atomic E-state index is 0.121. The summed E-state index contributed by atoms with van der Waals surface area (Å²) in [5, 5.41) is 14.9. The van der Waals surface area contributed by atoms with E-state index in [0.29, 0.717) is 12.1 Å². The number of benzene rings is 1. The summed E-state index contributed by atoms with van der Waals surface area (Å²) in [5.74, 6) is 0. The lowest BCUT2D eigenvalue weighted by molar-refractivity contribution is 0.625. The summed E-state index contributed by atoms with van der Waals surface area (Å²) >= 11 is 3.61. The number of anilines is 1. The summed E-state index contributed by atoms with van der Waals surface area (Å²) in [6.07, 6.45) is 2.35. The van der Waals surface area contributed by atoms with Crippen LogP contribution in [-0.4, -0.2) is 21.3 Å². The molecule has 2 aromatic heterocycles. The Morgan fingerprint density at radius 2 is 2.15 bits per heavy atom. The monoisotopic (exact) mass is 409 g/mol. The average Bonchev–Trinajstić information content (AvgIpc) is 2.64. The molecule has 0 unspecified atom stereocenters. The van der Waals surface area contributed by atoms with E-state index in [9.17, 15) is 10.1 Å². The molecule has 4 rings (SSSR count). The zero-order valence-electron chi connectivity index (χ0n) is 14.5. The SMILES string of the molecule is Cc1ccc2c(N3CCc4nn(C)c(=O)cc4C3)c(C#N)cnc2c1Br. The van der Waals surface area contributed by atoms with E-state index in [2.05, 4.69) is 37.0 Å². The highest BCUT2D eigenvalue weighted by molar-refractivity contribution is 9.10. The average molecular weight is 410 g/mol. The number of aryl methyl sites for hydroxylation is 2. The quantitative estimate of drug-likeness (QED) is 0.617. The molecule has 26 heavy (non-hydrogen) atoms. The first-order chi connectivity index (χ1) is 12.5. The van der Waals surface area contributed by atoms with Gasteiger partial charge in [-0.25, -0.2) is 4.68 Å². The van der Waals surface area contributed by atoms with Crippen LogP contribution < -0.4 is 10.5 Å². The maximum Gasteiger partial charge on any atom is 0.266 e. The molecule has 1 aliphatic rings. The van der Waals surface area contributed by atoms with Gasteiger partial charge in [-0.1, -0.05) is 12.1 Å². The van der Waals surface area contributed by atoms with Gasteiger partial charge in [-0.15, -0.1) is 0 Å². The molecule has 3 heterocycles. The fraction of sp³-hybridized carbons (Fsp3) is 0.263. The van der Waals surface area contributed by atoms with E-state index in [-0.39, 0.29) is 5.56 Å². The number of pyridine rings is 1. The third-order valence-corrected chi connectivity index (χ3v) is 5.82. The zero-order valence-corrected chi connectivity index (χ0v) is 16.0. The van der Waals surface area contributed by atoms with Gasteiger partial charge in [0.2, 0.25) is 0 Å². The molecule has 1 aromatic carbocycles. The van der Waals surface area contributed by atoms with Crippen LogP contribution in [0.2, 0.25) is 0 Å². The van der Waals surface area contributed by atoms with Crippen molar-refractivity contribution in [2.45, 2.75) is 19.9 Å². The van der Waals surface area contributed by atoms with Crippen LogP contribution >= 0.6 is 15.9 Å². The van der Waals surface area contributed by atoms with Crippen LogP contribution in [0.15, 0.2) is 33.7 Å². The van der Waals surface area contributed by atoms with Crippen LogP contribution in [-0.2, 0) is 20.0 Å². The summed E-state index contributed by atoms with van der Waals surface area (Å²) < 4.78 is 2.31. The molecule has 6 nitrogen and oxygen atoms in total. The number of hydrogen-bond acceptors (Lipinski definition) is 5. The smallest absolute Gasteiger partial charge is 0.266 e. The predicted octanol–water partition coefficient (Wildman–Crippen LogP) is 2.83. The van der Waals surface area contributed by atoms with E-state index < -0.39 is 0 Å². The number of fused-ring (bicyclic) bond motifs is 2. The number of nitrogens with zero attached hydrogens (tertiary/aromatic N) is 5. The Balaban J connectivity index is 1.89. The predicted molar refractivity (Wildman–Crippen MR) is 103 cm³/mol. The Labute approximate surface area is 158 Å². The first-order valence-corrected chi connectivity index (χ1v) is 9.08.